The topological polar surface area (TPSA) is 50.8 Å². The van der Waals surface area contributed by atoms with Crippen molar-refractivity contribution in [1.29, 1.82) is 0 Å². The van der Waals surface area contributed by atoms with Gasteiger partial charge in [-0.15, -0.1) is 0 Å². The van der Waals surface area contributed by atoms with E-state index in [1.54, 1.807) is 0 Å². The van der Waals surface area contributed by atoms with E-state index in [0.717, 1.165) is 45.6 Å². The molecule has 2 saturated heterocycles. The van der Waals surface area contributed by atoms with Crippen molar-refractivity contribution in [1.82, 2.24) is 10.2 Å². The molecule has 0 spiro atoms. The van der Waals surface area contributed by atoms with Crippen LogP contribution in [0.3, 0.4) is 0 Å². The van der Waals surface area contributed by atoms with Crippen molar-refractivity contribution in [3.63, 3.8) is 0 Å². The highest BCUT2D eigenvalue weighted by atomic mass is 16.6. The lowest BCUT2D eigenvalue weighted by molar-refractivity contribution is -0.1000. The summed E-state index contributed by atoms with van der Waals surface area (Å²) >= 11 is 0. The van der Waals surface area contributed by atoms with Crippen molar-refractivity contribution < 1.29 is 14.3 Å². The number of hydrogen-bond acceptors (Lipinski definition) is 4. The maximum atomic E-state index is 12.3. The molecule has 5 nitrogen and oxygen atoms in total. The minimum Gasteiger partial charge on any atom is -0.444 e. The first kappa shape index (κ1) is 17.5. The second-order valence-corrected chi connectivity index (χ2v) is 8.29. The van der Waals surface area contributed by atoms with Crippen LogP contribution in [-0.2, 0) is 9.47 Å². The summed E-state index contributed by atoms with van der Waals surface area (Å²) in [6.45, 7) is 13.7. The second kappa shape index (κ2) is 6.75. The number of hydrogen-bond donors (Lipinski definition) is 1. The molecule has 0 aliphatic carbocycles. The van der Waals surface area contributed by atoms with Crippen LogP contribution < -0.4 is 5.32 Å². The third-order valence-electron chi connectivity index (χ3n) is 4.41. The van der Waals surface area contributed by atoms with Gasteiger partial charge < -0.3 is 19.7 Å². The van der Waals surface area contributed by atoms with Crippen molar-refractivity contribution in [2.75, 3.05) is 26.3 Å². The van der Waals surface area contributed by atoms with Crippen LogP contribution in [-0.4, -0.2) is 55.0 Å². The van der Waals surface area contributed by atoms with E-state index < -0.39 is 5.60 Å². The zero-order chi connectivity index (χ0) is 16.4. The van der Waals surface area contributed by atoms with E-state index in [2.05, 4.69) is 19.2 Å². The molecule has 0 aromatic carbocycles. The van der Waals surface area contributed by atoms with E-state index >= 15 is 0 Å². The van der Waals surface area contributed by atoms with E-state index in [9.17, 15) is 4.79 Å². The second-order valence-electron chi connectivity index (χ2n) is 8.29. The van der Waals surface area contributed by atoms with Gasteiger partial charge in [0, 0.05) is 30.6 Å². The molecule has 22 heavy (non-hydrogen) atoms. The first-order valence-electron chi connectivity index (χ1n) is 8.49. The Morgan fingerprint density at radius 3 is 2.68 bits per heavy atom. The summed E-state index contributed by atoms with van der Waals surface area (Å²) in [6.07, 6.45) is 2.96. The minimum atomic E-state index is -0.424. The van der Waals surface area contributed by atoms with Crippen molar-refractivity contribution >= 4 is 6.09 Å². The summed E-state index contributed by atoms with van der Waals surface area (Å²) in [5.41, 5.74) is -0.137. The van der Waals surface area contributed by atoms with Crippen LogP contribution in [0.25, 0.3) is 0 Å². The van der Waals surface area contributed by atoms with Crippen LogP contribution in [0.2, 0.25) is 0 Å². The average Bonchev–Trinajstić information content (AvgIpc) is 2.80. The zero-order valence-corrected chi connectivity index (χ0v) is 14.8. The number of carbonyl (C=O) groups is 1. The molecular formula is C17H32N2O3. The quantitative estimate of drug-likeness (QED) is 0.848. The predicted octanol–water partition coefficient (Wildman–Crippen LogP) is 2.79. The van der Waals surface area contributed by atoms with Crippen LogP contribution in [0.4, 0.5) is 4.79 Å². The number of carbonyl (C=O) groups excluding carboxylic acids is 1. The Bertz CT molecular complexity index is 388. The highest BCUT2D eigenvalue weighted by Crippen LogP contribution is 2.27. The SMILES string of the molecule is CC(CC1CCCN1C(=O)OC(C)(C)C)NCC1(C)COC1. The fraction of sp³-hybridized carbons (Fsp3) is 0.941. The van der Waals surface area contributed by atoms with Gasteiger partial charge in [-0.2, -0.15) is 0 Å². The Kier molecular flexibility index (Phi) is 5.38. The lowest BCUT2D eigenvalue weighted by atomic mass is 9.88. The van der Waals surface area contributed by atoms with Crippen molar-refractivity contribution in [2.24, 2.45) is 5.41 Å². The third-order valence-corrected chi connectivity index (χ3v) is 4.41. The van der Waals surface area contributed by atoms with Gasteiger partial charge in [-0.25, -0.2) is 4.79 Å². The lowest BCUT2D eigenvalue weighted by Crippen LogP contribution is -2.50. The fourth-order valence-corrected chi connectivity index (χ4v) is 3.11. The summed E-state index contributed by atoms with van der Waals surface area (Å²) in [7, 11) is 0. The van der Waals surface area contributed by atoms with Gasteiger partial charge in [0.2, 0.25) is 0 Å². The van der Waals surface area contributed by atoms with E-state index in [1.165, 1.54) is 0 Å². The lowest BCUT2D eigenvalue weighted by Gasteiger charge is -2.39. The number of likely N-dealkylation sites (tertiary alicyclic amines) is 1. The standard InChI is InChI=1S/C17H32N2O3/c1-13(18-10-17(5)11-21-12-17)9-14-7-6-8-19(14)15(20)22-16(2,3)4/h13-14,18H,6-12H2,1-5H3. The Hall–Kier alpha value is -0.810. The van der Waals surface area contributed by atoms with E-state index in [4.69, 9.17) is 9.47 Å². The molecule has 128 valence electrons. The molecule has 2 fully saturated rings. The Labute approximate surface area is 134 Å². The fourth-order valence-electron chi connectivity index (χ4n) is 3.11. The Morgan fingerprint density at radius 1 is 1.45 bits per heavy atom. The van der Waals surface area contributed by atoms with Crippen LogP contribution >= 0.6 is 0 Å². The third kappa shape index (κ3) is 4.85. The molecule has 1 N–H and O–H groups in total. The van der Waals surface area contributed by atoms with Crippen LogP contribution in [0, 0.1) is 5.41 Å². The van der Waals surface area contributed by atoms with E-state index in [-0.39, 0.29) is 11.5 Å². The van der Waals surface area contributed by atoms with Gasteiger partial charge in [0.05, 0.1) is 13.2 Å². The molecule has 2 heterocycles. The van der Waals surface area contributed by atoms with Crippen LogP contribution in [0.5, 0.6) is 0 Å². The Morgan fingerprint density at radius 2 is 2.14 bits per heavy atom. The first-order valence-corrected chi connectivity index (χ1v) is 8.49. The number of rotatable bonds is 5. The highest BCUT2D eigenvalue weighted by molar-refractivity contribution is 5.68. The predicted molar refractivity (Wildman–Crippen MR) is 87.0 cm³/mol. The molecule has 5 heteroatoms. The molecule has 1 amide bonds. The van der Waals surface area contributed by atoms with Gasteiger partial charge in [-0.3, -0.25) is 0 Å². The summed E-state index contributed by atoms with van der Waals surface area (Å²) in [5.74, 6) is 0. The largest absolute Gasteiger partial charge is 0.444 e. The maximum absolute atomic E-state index is 12.3. The summed E-state index contributed by atoms with van der Waals surface area (Å²) in [4.78, 5) is 14.2. The van der Waals surface area contributed by atoms with Gasteiger partial charge >= 0.3 is 6.09 Å². The molecule has 0 radical (unpaired) electrons. The van der Waals surface area contributed by atoms with E-state index in [1.807, 2.05) is 25.7 Å². The molecule has 2 rings (SSSR count). The summed E-state index contributed by atoms with van der Waals surface area (Å²) in [6, 6.07) is 0.688. The minimum absolute atomic E-state index is 0.165. The normalized spacial score (nSPS) is 25.7. The zero-order valence-electron chi connectivity index (χ0n) is 14.8. The van der Waals surface area contributed by atoms with E-state index in [0.29, 0.717) is 12.1 Å². The van der Waals surface area contributed by atoms with Gasteiger partial charge in [-0.05, 0) is 47.0 Å². The molecule has 2 unspecified atom stereocenters. The number of nitrogens with one attached hydrogen (secondary N) is 1. The van der Waals surface area contributed by atoms with Crippen molar-refractivity contribution in [3.8, 4) is 0 Å². The van der Waals surface area contributed by atoms with Gasteiger partial charge in [0.1, 0.15) is 5.60 Å². The van der Waals surface area contributed by atoms with Gasteiger partial charge in [0.25, 0.3) is 0 Å². The number of nitrogens with zero attached hydrogens (tertiary/aromatic N) is 1. The number of ether oxygens (including phenoxy) is 2. The molecule has 0 aromatic rings. The number of amides is 1. The molecule has 0 aromatic heterocycles. The molecule has 2 aliphatic rings. The highest BCUT2D eigenvalue weighted by Gasteiger charge is 2.35. The molecule has 2 aliphatic heterocycles. The van der Waals surface area contributed by atoms with Crippen LogP contribution in [0.15, 0.2) is 0 Å². The monoisotopic (exact) mass is 312 g/mol. The Balaban J connectivity index is 1.78. The smallest absolute Gasteiger partial charge is 0.410 e. The molecule has 0 saturated carbocycles. The summed E-state index contributed by atoms with van der Waals surface area (Å²) in [5, 5.41) is 3.60. The molecule has 2 atom stereocenters. The van der Waals surface area contributed by atoms with Crippen molar-refractivity contribution in [3.05, 3.63) is 0 Å². The molecular weight excluding hydrogens is 280 g/mol. The van der Waals surface area contributed by atoms with Crippen molar-refractivity contribution in [2.45, 2.75) is 71.6 Å². The van der Waals surface area contributed by atoms with Gasteiger partial charge in [-0.1, -0.05) is 6.92 Å². The molecule has 0 bridgehead atoms. The maximum Gasteiger partial charge on any atom is 0.410 e. The van der Waals surface area contributed by atoms with Crippen LogP contribution in [0.1, 0.15) is 53.9 Å². The average molecular weight is 312 g/mol. The van der Waals surface area contributed by atoms with Gasteiger partial charge in [0.15, 0.2) is 0 Å². The first-order chi connectivity index (χ1) is 10.2. The summed E-state index contributed by atoms with van der Waals surface area (Å²) < 4.78 is 10.8.